The fourth-order valence-corrected chi connectivity index (χ4v) is 2.04. The van der Waals surface area contributed by atoms with Gasteiger partial charge in [0.1, 0.15) is 12.7 Å². The Labute approximate surface area is 123 Å². The van der Waals surface area contributed by atoms with Gasteiger partial charge in [-0.3, -0.25) is 9.48 Å². The Morgan fingerprint density at radius 2 is 2.10 bits per heavy atom. The summed E-state index contributed by atoms with van der Waals surface area (Å²) in [6.45, 7) is 2.53. The van der Waals surface area contributed by atoms with Gasteiger partial charge < -0.3 is 4.90 Å². The quantitative estimate of drug-likeness (QED) is 0.851. The molecule has 1 aromatic heterocycles. The number of carbonyl (C=O) groups excluding carboxylic acids is 1. The Morgan fingerprint density at radius 3 is 2.70 bits per heavy atom. The molecule has 0 aliphatic carbocycles. The first-order valence-corrected chi connectivity index (χ1v) is 6.79. The lowest BCUT2D eigenvalue weighted by Crippen LogP contribution is -2.30. The molecule has 1 unspecified atom stereocenters. The van der Waals surface area contributed by atoms with Crippen LogP contribution >= 0.6 is 11.6 Å². The molecule has 0 spiro atoms. The molecule has 106 valence electrons. The summed E-state index contributed by atoms with van der Waals surface area (Å²) in [7, 11) is 1.81. The molecule has 2 rings (SSSR count). The summed E-state index contributed by atoms with van der Waals surface area (Å²) in [5.41, 5.74) is 1.06. The number of carbonyl (C=O) groups is 1. The molecule has 6 heteroatoms. The summed E-state index contributed by atoms with van der Waals surface area (Å²) in [5.74, 6) is 0.0722. The third kappa shape index (κ3) is 3.57. The molecule has 1 atom stereocenters. The molecule has 0 aliphatic rings. The minimum Gasteiger partial charge on any atom is -0.339 e. The Bertz CT molecular complexity index is 553. The lowest BCUT2D eigenvalue weighted by molar-refractivity contribution is -0.132. The van der Waals surface area contributed by atoms with Crippen molar-refractivity contribution in [3.05, 3.63) is 47.5 Å². The van der Waals surface area contributed by atoms with E-state index < -0.39 is 0 Å². The monoisotopic (exact) mass is 292 g/mol. The van der Waals surface area contributed by atoms with Crippen molar-refractivity contribution in [3.63, 3.8) is 0 Å². The molecule has 2 aromatic rings. The first-order chi connectivity index (χ1) is 9.58. The molecule has 5 nitrogen and oxygen atoms in total. The Kier molecular flexibility index (Phi) is 4.74. The normalized spacial score (nSPS) is 12.2. The fraction of sp³-hybridized carbons (Fsp3) is 0.357. The van der Waals surface area contributed by atoms with Gasteiger partial charge >= 0.3 is 0 Å². The van der Waals surface area contributed by atoms with Gasteiger partial charge in [-0.05, 0) is 24.6 Å². The summed E-state index contributed by atoms with van der Waals surface area (Å²) in [5, 5.41) is 4.68. The third-order valence-corrected chi connectivity index (χ3v) is 3.60. The van der Waals surface area contributed by atoms with E-state index in [1.807, 2.05) is 38.2 Å². The maximum absolute atomic E-state index is 12.2. The van der Waals surface area contributed by atoms with Crippen LogP contribution in [0.2, 0.25) is 5.02 Å². The maximum atomic E-state index is 12.2. The molecule has 0 aliphatic heterocycles. The maximum Gasteiger partial charge on any atom is 0.224 e. The van der Waals surface area contributed by atoms with Crippen molar-refractivity contribution in [2.45, 2.75) is 25.9 Å². The van der Waals surface area contributed by atoms with Crippen molar-refractivity contribution in [3.8, 4) is 0 Å². The molecule has 0 N–H and O–H groups in total. The number of rotatable bonds is 5. The predicted molar refractivity (Wildman–Crippen MR) is 77.3 cm³/mol. The van der Waals surface area contributed by atoms with Crippen LogP contribution in [0.1, 0.15) is 24.9 Å². The van der Waals surface area contributed by atoms with Gasteiger partial charge in [0.25, 0.3) is 0 Å². The molecular weight excluding hydrogens is 276 g/mol. The highest BCUT2D eigenvalue weighted by Crippen LogP contribution is 2.21. The van der Waals surface area contributed by atoms with Crippen molar-refractivity contribution in [1.29, 1.82) is 0 Å². The second kappa shape index (κ2) is 6.52. The number of halogens is 1. The third-order valence-electron chi connectivity index (χ3n) is 3.35. The Balaban J connectivity index is 1.93. The van der Waals surface area contributed by atoms with Crippen LogP contribution in [0.4, 0.5) is 0 Å². The van der Waals surface area contributed by atoms with Crippen molar-refractivity contribution in [1.82, 2.24) is 19.7 Å². The van der Waals surface area contributed by atoms with Crippen molar-refractivity contribution in [2.75, 3.05) is 7.05 Å². The van der Waals surface area contributed by atoms with E-state index in [4.69, 9.17) is 11.6 Å². The summed E-state index contributed by atoms with van der Waals surface area (Å²) < 4.78 is 1.65. The summed E-state index contributed by atoms with van der Waals surface area (Å²) in [6.07, 6.45) is 3.47. The van der Waals surface area contributed by atoms with E-state index in [1.54, 1.807) is 15.9 Å². The van der Waals surface area contributed by atoms with Crippen LogP contribution in [-0.2, 0) is 11.3 Å². The SMILES string of the molecule is CC(c1ccc(Cl)cc1)N(C)C(=O)CCn1cncn1. The van der Waals surface area contributed by atoms with Gasteiger partial charge in [-0.15, -0.1) is 0 Å². The van der Waals surface area contributed by atoms with E-state index in [1.165, 1.54) is 6.33 Å². The van der Waals surface area contributed by atoms with Crippen molar-refractivity contribution in [2.24, 2.45) is 0 Å². The number of hydrogen-bond donors (Lipinski definition) is 0. The molecular formula is C14H17ClN4O. The van der Waals surface area contributed by atoms with Gasteiger partial charge in [-0.1, -0.05) is 23.7 Å². The van der Waals surface area contributed by atoms with Gasteiger partial charge in [-0.2, -0.15) is 5.10 Å². The second-order valence-corrected chi connectivity index (χ2v) is 5.08. The molecule has 0 bridgehead atoms. The molecule has 0 saturated heterocycles. The number of hydrogen-bond acceptors (Lipinski definition) is 3. The molecule has 0 fully saturated rings. The van der Waals surface area contributed by atoms with E-state index >= 15 is 0 Å². The molecule has 1 amide bonds. The van der Waals surface area contributed by atoms with Gasteiger partial charge in [0, 0.05) is 18.5 Å². The molecule has 0 saturated carbocycles. The zero-order valence-corrected chi connectivity index (χ0v) is 12.3. The average Bonchev–Trinajstić information content (AvgIpc) is 2.97. The first kappa shape index (κ1) is 14.5. The zero-order valence-electron chi connectivity index (χ0n) is 11.5. The largest absolute Gasteiger partial charge is 0.339 e. The number of aryl methyl sites for hydroxylation is 1. The molecule has 0 radical (unpaired) electrons. The zero-order chi connectivity index (χ0) is 14.5. The van der Waals surface area contributed by atoms with E-state index in [2.05, 4.69) is 10.1 Å². The Morgan fingerprint density at radius 1 is 1.40 bits per heavy atom. The first-order valence-electron chi connectivity index (χ1n) is 6.41. The fourth-order valence-electron chi connectivity index (χ4n) is 1.92. The minimum atomic E-state index is 0.00973. The van der Waals surface area contributed by atoms with Gasteiger partial charge in [0.2, 0.25) is 5.91 Å². The van der Waals surface area contributed by atoms with Crippen LogP contribution in [0.5, 0.6) is 0 Å². The highest BCUT2D eigenvalue weighted by atomic mass is 35.5. The molecule has 20 heavy (non-hydrogen) atoms. The number of nitrogens with zero attached hydrogens (tertiary/aromatic N) is 4. The summed E-state index contributed by atoms with van der Waals surface area (Å²) in [4.78, 5) is 17.7. The van der Waals surface area contributed by atoms with Gasteiger partial charge in [0.05, 0.1) is 12.6 Å². The standard InChI is InChI=1S/C14H17ClN4O/c1-11(12-3-5-13(15)6-4-12)18(2)14(20)7-8-19-10-16-9-17-19/h3-6,9-11H,7-8H2,1-2H3. The minimum absolute atomic E-state index is 0.00973. The lowest BCUT2D eigenvalue weighted by Gasteiger charge is -2.25. The molecule has 1 aromatic carbocycles. The highest BCUT2D eigenvalue weighted by Gasteiger charge is 2.17. The lowest BCUT2D eigenvalue weighted by atomic mass is 10.1. The number of aromatic nitrogens is 3. The highest BCUT2D eigenvalue weighted by molar-refractivity contribution is 6.30. The van der Waals surface area contributed by atoms with Crippen LogP contribution in [0, 0.1) is 0 Å². The van der Waals surface area contributed by atoms with Gasteiger partial charge in [-0.25, -0.2) is 4.98 Å². The topological polar surface area (TPSA) is 51.0 Å². The van der Waals surface area contributed by atoms with Crippen molar-refractivity contribution < 1.29 is 4.79 Å². The Hall–Kier alpha value is -1.88. The summed E-state index contributed by atoms with van der Waals surface area (Å²) in [6, 6.07) is 7.56. The smallest absolute Gasteiger partial charge is 0.224 e. The second-order valence-electron chi connectivity index (χ2n) is 4.64. The van der Waals surface area contributed by atoms with E-state index in [9.17, 15) is 4.79 Å². The van der Waals surface area contributed by atoms with Crippen molar-refractivity contribution >= 4 is 17.5 Å². The molecule has 1 heterocycles. The van der Waals surface area contributed by atoms with E-state index in [-0.39, 0.29) is 11.9 Å². The predicted octanol–water partition coefficient (Wildman–Crippen LogP) is 2.54. The summed E-state index contributed by atoms with van der Waals surface area (Å²) >= 11 is 5.87. The number of amides is 1. The average molecular weight is 293 g/mol. The van der Waals surface area contributed by atoms with E-state index in [0.717, 1.165) is 5.56 Å². The van der Waals surface area contributed by atoms with Crippen LogP contribution in [0.3, 0.4) is 0 Å². The van der Waals surface area contributed by atoms with E-state index in [0.29, 0.717) is 18.0 Å². The van der Waals surface area contributed by atoms with Crippen LogP contribution < -0.4 is 0 Å². The van der Waals surface area contributed by atoms with Crippen LogP contribution in [0.25, 0.3) is 0 Å². The van der Waals surface area contributed by atoms with Crippen LogP contribution in [-0.4, -0.2) is 32.6 Å². The number of benzene rings is 1. The van der Waals surface area contributed by atoms with Gasteiger partial charge in [0.15, 0.2) is 0 Å². The van der Waals surface area contributed by atoms with Crippen LogP contribution in [0.15, 0.2) is 36.9 Å².